The lowest BCUT2D eigenvalue weighted by atomic mass is 10.1. The van der Waals surface area contributed by atoms with Gasteiger partial charge < -0.3 is 15.0 Å². The summed E-state index contributed by atoms with van der Waals surface area (Å²) in [5.74, 6) is 0.702. The molecule has 5 heteroatoms. The summed E-state index contributed by atoms with van der Waals surface area (Å²) in [6, 6.07) is 15.2. The second-order valence-electron chi connectivity index (χ2n) is 5.98. The van der Waals surface area contributed by atoms with Gasteiger partial charge >= 0.3 is 0 Å². The highest BCUT2D eigenvalue weighted by atomic mass is 16.3. The van der Waals surface area contributed by atoms with Crippen LogP contribution >= 0.6 is 0 Å². The minimum Gasteiger partial charge on any atom is -0.391 e. The van der Waals surface area contributed by atoms with Crippen LogP contribution in [0.15, 0.2) is 48.5 Å². The largest absolute Gasteiger partial charge is 0.391 e. The van der Waals surface area contributed by atoms with Crippen LogP contribution in [0.25, 0.3) is 11.0 Å². The second-order valence-corrected chi connectivity index (χ2v) is 5.98. The Morgan fingerprint density at radius 2 is 2.00 bits per heavy atom. The van der Waals surface area contributed by atoms with Gasteiger partial charge in [-0.2, -0.15) is 0 Å². The third-order valence-electron chi connectivity index (χ3n) is 4.18. The number of carbonyl (C=O) groups is 1. The standard InChI is InChI=1S/C19H21N3O2/c1-13-21-17-11-15(8-9-18(17)22(13)2)19(24)20-12-16(23)10-14-6-4-3-5-7-14/h3-9,11,16,23H,10,12H2,1-2H3,(H,20,24)/t16-/m1/s1. The molecule has 0 aliphatic heterocycles. The van der Waals surface area contributed by atoms with Crippen molar-refractivity contribution in [2.24, 2.45) is 7.05 Å². The number of nitrogens with one attached hydrogen (secondary N) is 1. The Morgan fingerprint density at radius 1 is 1.25 bits per heavy atom. The zero-order valence-electron chi connectivity index (χ0n) is 13.9. The van der Waals surface area contributed by atoms with Gasteiger partial charge in [-0.05, 0) is 30.7 Å². The molecule has 0 saturated heterocycles. The SMILES string of the molecule is Cc1nc2cc(C(=O)NC[C@H](O)Cc3ccccc3)ccc2n1C. The van der Waals surface area contributed by atoms with Gasteiger partial charge in [0.05, 0.1) is 17.1 Å². The van der Waals surface area contributed by atoms with Crippen molar-refractivity contribution in [1.82, 2.24) is 14.9 Å². The number of rotatable bonds is 5. The van der Waals surface area contributed by atoms with Crippen LogP contribution in [0.2, 0.25) is 0 Å². The van der Waals surface area contributed by atoms with Crippen LogP contribution < -0.4 is 5.32 Å². The molecule has 3 rings (SSSR count). The Kier molecular flexibility index (Phi) is 4.62. The van der Waals surface area contributed by atoms with Gasteiger partial charge in [-0.1, -0.05) is 30.3 Å². The highest BCUT2D eigenvalue weighted by Crippen LogP contribution is 2.16. The number of nitrogens with zero attached hydrogens (tertiary/aromatic N) is 2. The molecule has 0 bridgehead atoms. The van der Waals surface area contributed by atoms with Crippen LogP contribution in [0.5, 0.6) is 0 Å². The molecule has 0 saturated carbocycles. The van der Waals surface area contributed by atoms with Gasteiger partial charge in [-0.15, -0.1) is 0 Å². The number of hydrogen-bond donors (Lipinski definition) is 2. The second kappa shape index (κ2) is 6.84. The van der Waals surface area contributed by atoms with Crippen molar-refractivity contribution in [2.75, 3.05) is 6.54 Å². The van der Waals surface area contributed by atoms with E-state index >= 15 is 0 Å². The van der Waals surface area contributed by atoms with Crippen molar-refractivity contribution in [2.45, 2.75) is 19.4 Å². The molecule has 0 unspecified atom stereocenters. The van der Waals surface area contributed by atoms with Crippen LogP contribution in [0.3, 0.4) is 0 Å². The molecule has 124 valence electrons. The number of benzene rings is 2. The summed E-state index contributed by atoms with van der Waals surface area (Å²) in [7, 11) is 1.95. The van der Waals surface area contributed by atoms with Gasteiger partial charge in [-0.3, -0.25) is 4.79 Å². The number of aliphatic hydroxyl groups is 1. The van der Waals surface area contributed by atoms with Crippen molar-refractivity contribution in [3.05, 3.63) is 65.5 Å². The number of amides is 1. The average molecular weight is 323 g/mol. The lowest BCUT2D eigenvalue weighted by Gasteiger charge is -2.12. The molecule has 24 heavy (non-hydrogen) atoms. The number of aryl methyl sites for hydroxylation is 2. The monoisotopic (exact) mass is 323 g/mol. The summed E-state index contributed by atoms with van der Waals surface area (Å²) in [5, 5.41) is 12.9. The van der Waals surface area contributed by atoms with E-state index in [-0.39, 0.29) is 12.5 Å². The topological polar surface area (TPSA) is 67.2 Å². The molecule has 0 aliphatic carbocycles. The molecule has 1 aromatic heterocycles. The molecular weight excluding hydrogens is 302 g/mol. The van der Waals surface area contributed by atoms with Gasteiger partial charge in [0.15, 0.2) is 0 Å². The van der Waals surface area contributed by atoms with Gasteiger partial charge in [0.25, 0.3) is 5.91 Å². The van der Waals surface area contributed by atoms with Crippen LogP contribution in [0.1, 0.15) is 21.7 Å². The zero-order chi connectivity index (χ0) is 17.1. The summed E-state index contributed by atoms with van der Waals surface area (Å²) in [6.07, 6.45) is -0.100. The average Bonchev–Trinajstić information content (AvgIpc) is 2.87. The molecule has 0 radical (unpaired) electrons. The third kappa shape index (κ3) is 3.46. The van der Waals surface area contributed by atoms with Crippen LogP contribution in [-0.4, -0.2) is 33.2 Å². The predicted octanol–water partition coefficient (Wildman–Crippen LogP) is 2.22. The first-order chi connectivity index (χ1) is 11.5. The Morgan fingerprint density at radius 3 is 2.75 bits per heavy atom. The molecule has 0 fully saturated rings. The summed E-state index contributed by atoms with van der Waals surface area (Å²) in [4.78, 5) is 16.7. The maximum absolute atomic E-state index is 12.3. The van der Waals surface area contributed by atoms with E-state index in [1.807, 2.05) is 54.9 Å². The van der Waals surface area contributed by atoms with Crippen LogP contribution in [0, 0.1) is 6.92 Å². The van der Waals surface area contributed by atoms with E-state index in [1.54, 1.807) is 12.1 Å². The quantitative estimate of drug-likeness (QED) is 0.756. The van der Waals surface area contributed by atoms with Gasteiger partial charge in [0.1, 0.15) is 5.82 Å². The van der Waals surface area contributed by atoms with E-state index in [9.17, 15) is 9.90 Å². The molecule has 1 heterocycles. The van der Waals surface area contributed by atoms with Crippen molar-refractivity contribution in [3.8, 4) is 0 Å². The van der Waals surface area contributed by atoms with Gasteiger partial charge in [0.2, 0.25) is 0 Å². The zero-order valence-corrected chi connectivity index (χ0v) is 13.9. The fourth-order valence-electron chi connectivity index (χ4n) is 2.73. The Labute approximate surface area is 141 Å². The van der Waals surface area contributed by atoms with E-state index in [4.69, 9.17) is 0 Å². The summed E-state index contributed by atoms with van der Waals surface area (Å²) >= 11 is 0. The molecule has 0 aliphatic rings. The Hall–Kier alpha value is -2.66. The maximum atomic E-state index is 12.3. The fraction of sp³-hybridized carbons (Fsp3) is 0.263. The fourth-order valence-corrected chi connectivity index (χ4v) is 2.73. The van der Waals surface area contributed by atoms with Gasteiger partial charge in [-0.25, -0.2) is 4.98 Å². The van der Waals surface area contributed by atoms with Gasteiger partial charge in [0, 0.05) is 25.6 Å². The van der Waals surface area contributed by atoms with Crippen molar-refractivity contribution in [3.63, 3.8) is 0 Å². The Balaban J connectivity index is 1.62. The van der Waals surface area contributed by atoms with Crippen molar-refractivity contribution < 1.29 is 9.90 Å². The predicted molar refractivity (Wildman–Crippen MR) is 93.9 cm³/mol. The summed E-state index contributed by atoms with van der Waals surface area (Å²) < 4.78 is 1.99. The molecule has 3 aromatic rings. The Bertz CT molecular complexity index is 856. The molecule has 2 aromatic carbocycles. The van der Waals surface area contributed by atoms with Crippen molar-refractivity contribution in [1.29, 1.82) is 0 Å². The maximum Gasteiger partial charge on any atom is 0.251 e. The van der Waals surface area contributed by atoms with E-state index in [0.717, 1.165) is 22.4 Å². The van der Waals surface area contributed by atoms with E-state index in [1.165, 1.54) is 0 Å². The van der Waals surface area contributed by atoms with E-state index < -0.39 is 6.10 Å². The number of hydrogen-bond acceptors (Lipinski definition) is 3. The molecule has 5 nitrogen and oxygen atoms in total. The normalized spacial score (nSPS) is 12.3. The highest BCUT2D eigenvalue weighted by molar-refractivity contribution is 5.97. The lowest BCUT2D eigenvalue weighted by Crippen LogP contribution is -2.33. The smallest absolute Gasteiger partial charge is 0.251 e. The number of carbonyl (C=O) groups excluding carboxylic acids is 1. The number of aliphatic hydroxyl groups excluding tert-OH is 1. The molecule has 1 amide bonds. The number of fused-ring (bicyclic) bond motifs is 1. The molecule has 1 atom stereocenters. The third-order valence-corrected chi connectivity index (χ3v) is 4.18. The summed E-state index contributed by atoms with van der Waals surface area (Å²) in [6.45, 7) is 2.15. The van der Waals surface area contributed by atoms with E-state index in [0.29, 0.717) is 12.0 Å². The van der Waals surface area contributed by atoms with Crippen LogP contribution in [0.4, 0.5) is 0 Å². The van der Waals surface area contributed by atoms with E-state index in [2.05, 4.69) is 10.3 Å². The molecular formula is C19H21N3O2. The first kappa shape index (κ1) is 16.2. The first-order valence-electron chi connectivity index (χ1n) is 7.98. The highest BCUT2D eigenvalue weighted by Gasteiger charge is 2.12. The number of aromatic nitrogens is 2. The van der Waals surface area contributed by atoms with Crippen LogP contribution in [-0.2, 0) is 13.5 Å². The minimum absolute atomic E-state index is 0.202. The molecule has 0 spiro atoms. The first-order valence-corrected chi connectivity index (χ1v) is 7.98. The summed E-state index contributed by atoms with van der Waals surface area (Å²) in [5.41, 5.74) is 3.39. The van der Waals surface area contributed by atoms with Crippen molar-refractivity contribution >= 4 is 16.9 Å². The lowest BCUT2D eigenvalue weighted by molar-refractivity contribution is 0.0916. The number of imidazole rings is 1. The minimum atomic E-state index is -0.614. The molecule has 2 N–H and O–H groups in total.